The van der Waals surface area contributed by atoms with Crippen molar-refractivity contribution in [1.29, 1.82) is 0 Å². The van der Waals surface area contributed by atoms with Crippen LogP contribution in [0.3, 0.4) is 0 Å². The normalized spacial score (nSPS) is 16.8. The van der Waals surface area contributed by atoms with E-state index in [-0.39, 0.29) is 11.9 Å². The monoisotopic (exact) mass is 390 g/mol. The van der Waals surface area contributed by atoms with E-state index in [4.69, 9.17) is 14.2 Å². The number of halogens is 1. The second kappa shape index (κ2) is 7.71. The second-order valence-electron chi connectivity index (χ2n) is 5.55. The fraction of sp³-hybridized carbons (Fsp3) is 0.316. The fourth-order valence-electron chi connectivity index (χ4n) is 2.67. The second-order valence-corrected chi connectivity index (χ2v) is 6.53. The molecule has 24 heavy (non-hydrogen) atoms. The summed E-state index contributed by atoms with van der Waals surface area (Å²) in [5.74, 6) is 1.20. The molecule has 2 atom stereocenters. The number of ether oxygens (including phenoxy) is 3. The molecule has 0 N–H and O–H groups in total. The third-order valence-corrected chi connectivity index (χ3v) is 4.93. The summed E-state index contributed by atoms with van der Waals surface area (Å²) in [5, 5.41) is 0. The molecule has 0 radical (unpaired) electrons. The molecule has 0 amide bonds. The molecular formula is C19H19BrO4. The third-order valence-electron chi connectivity index (χ3n) is 3.92. The van der Waals surface area contributed by atoms with Crippen molar-refractivity contribution in [2.24, 2.45) is 0 Å². The van der Waals surface area contributed by atoms with Gasteiger partial charge in [0.25, 0.3) is 0 Å². The first kappa shape index (κ1) is 16.8. The van der Waals surface area contributed by atoms with Crippen molar-refractivity contribution in [3.05, 3.63) is 59.7 Å². The van der Waals surface area contributed by atoms with E-state index in [0.717, 1.165) is 22.6 Å². The van der Waals surface area contributed by atoms with Gasteiger partial charge in [-0.3, -0.25) is 4.79 Å². The minimum Gasteiger partial charge on any atom is -0.492 e. The van der Waals surface area contributed by atoms with Crippen LogP contribution in [0.25, 0.3) is 0 Å². The lowest BCUT2D eigenvalue weighted by Crippen LogP contribution is -2.25. The molecule has 5 heteroatoms. The summed E-state index contributed by atoms with van der Waals surface area (Å²) in [6.07, 6.45) is 0. The maximum Gasteiger partial charge on any atom is 0.320 e. The first-order valence-corrected chi connectivity index (χ1v) is 8.84. The summed E-state index contributed by atoms with van der Waals surface area (Å²) in [6, 6.07) is 15.7. The Bertz CT molecular complexity index is 702. The number of hydrogen-bond donors (Lipinski definition) is 0. The van der Waals surface area contributed by atoms with Crippen LogP contribution in [0.4, 0.5) is 0 Å². The van der Waals surface area contributed by atoms with E-state index in [0.29, 0.717) is 19.8 Å². The summed E-state index contributed by atoms with van der Waals surface area (Å²) in [5.41, 5.74) is 2.11. The van der Waals surface area contributed by atoms with Crippen LogP contribution >= 0.6 is 15.9 Å². The summed E-state index contributed by atoms with van der Waals surface area (Å²) < 4.78 is 16.6. The van der Waals surface area contributed by atoms with E-state index in [1.54, 1.807) is 6.92 Å². The number of rotatable bonds is 6. The zero-order valence-corrected chi connectivity index (χ0v) is 15.0. The van der Waals surface area contributed by atoms with Crippen molar-refractivity contribution in [2.75, 3.05) is 13.2 Å². The predicted octanol–water partition coefficient (Wildman–Crippen LogP) is 4.07. The topological polar surface area (TPSA) is 44.8 Å². The van der Waals surface area contributed by atoms with Gasteiger partial charge in [0.1, 0.15) is 22.9 Å². The van der Waals surface area contributed by atoms with Gasteiger partial charge < -0.3 is 14.2 Å². The molecule has 2 aromatic carbocycles. The minimum atomic E-state index is -0.408. The van der Waals surface area contributed by atoms with Crippen molar-refractivity contribution < 1.29 is 19.0 Å². The van der Waals surface area contributed by atoms with Crippen LogP contribution in [0.1, 0.15) is 24.0 Å². The van der Waals surface area contributed by atoms with Crippen molar-refractivity contribution >= 4 is 21.9 Å². The highest BCUT2D eigenvalue weighted by Gasteiger charge is 2.35. The maximum atomic E-state index is 11.9. The lowest BCUT2D eigenvalue weighted by molar-refractivity contribution is -0.142. The van der Waals surface area contributed by atoms with E-state index in [1.165, 1.54) is 0 Å². The van der Waals surface area contributed by atoms with E-state index in [2.05, 4.69) is 15.9 Å². The van der Waals surface area contributed by atoms with E-state index < -0.39 is 4.83 Å². The first-order chi connectivity index (χ1) is 11.7. The molecule has 1 heterocycles. The SMILES string of the molecule is CCOC(=O)C(Br)C1COc2cc(OCc3ccccc3)ccc21. The first-order valence-electron chi connectivity index (χ1n) is 7.93. The summed E-state index contributed by atoms with van der Waals surface area (Å²) >= 11 is 3.44. The maximum absolute atomic E-state index is 11.9. The Kier molecular flexibility index (Phi) is 5.41. The highest BCUT2D eigenvalue weighted by atomic mass is 79.9. The lowest BCUT2D eigenvalue weighted by atomic mass is 9.98. The molecule has 0 spiro atoms. The van der Waals surface area contributed by atoms with Crippen LogP contribution in [-0.2, 0) is 16.1 Å². The van der Waals surface area contributed by atoms with Crippen LogP contribution in [0.5, 0.6) is 11.5 Å². The largest absolute Gasteiger partial charge is 0.492 e. The highest BCUT2D eigenvalue weighted by molar-refractivity contribution is 9.10. The van der Waals surface area contributed by atoms with Gasteiger partial charge in [-0.05, 0) is 18.6 Å². The average Bonchev–Trinajstić information content (AvgIpc) is 3.03. The summed E-state index contributed by atoms with van der Waals surface area (Å²) in [6.45, 7) is 3.12. The molecule has 0 saturated carbocycles. The number of fused-ring (bicyclic) bond motifs is 1. The van der Waals surface area contributed by atoms with Crippen LogP contribution in [0.15, 0.2) is 48.5 Å². The summed E-state index contributed by atoms with van der Waals surface area (Å²) in [7, 11) is 0. The molecule has 0 saturated heterocycles. The standard InChI is InChI=1S/C19H19BrO4/c1-2-22-19(21)18(20)16-12-24-17-10-14(8-9-15(16)17)23-11-13-6-4-3-5-7-13/h3-10,16,18H,2,11-12H2,1H3. The quantitative estimate of drug-likeness (QED) is 0.550. The Labute approximate surface area is 149 Å². The minimum absolute atomic E-state index is 0.0535. The van der Waals surface area contributed by atoms with Crippen LogP contribution in [0.2, 0.25) is 0 Å². The molecule has 2 unspecified atom stereocenters. The smallest absolute Gasteiger partial charge is 0.320 e. The van der Waals surface area contributed by atoms with Crippen molar-refractivity contribution in [3.8, 4) is 11.5 Å². The number of esters is 1. The van der Waals surface area contributed by atoms with E-state index in [1.807, 2.05) is 48.5 Å². The Balaban J connectivity index is 1.68. The molecule has 4 nitrogen and oxygen atoms in total. The van der Waals surface area contributed by atoms with Crippen molar-refractivity contribution in [3.63, 3.8) is 0 Å². The Morgan fingerprint density at radius 2 is 2.08 bits per heavy atom. The summed E-state index contributed by atoms with van der Waals surface area (Å²) in [4.78, 5) is 11.5. The molecule has 3 rings (SSSR count). The fourth-order valence-corrected chi connectivity index (χ4v) is 3.24. The average molecular weight is 391 g/mol. The molecule has 0 bridgehead atoms. The van der Waals surface area contributed by atoms with Crippen LogP contribution in [-0.4, -0.2) is 24.0 Å². The van der Waals surface area contributed by atoms with E-state index >= 15 is 0 Å². The molecule has 2 aromatic rings. The highest BCUT2D eigenvalue weighted by Crippen LogP contribution is 2.40. The third kappa shape index (κ3) is 3.73. The lowest BCUT2D eigenvalue weighted by Gasteiger charge is -2.15. The van der Waals surface area contributed by atoms with Gasteiger partial charge in [-0.25, -0.2) is 0 Å². The molecule has 1 aliphatic heterocycles. The zero-order chi connectivity index (χ0) is 16.9. The van der Waals surface area contributed by atoms with Crippen LogP contribution in [0, 0.1) is 0 Å². The predicted molar refractivity (Wildman–Crippen MR) is 94.8 cm³/mol. The molecule has 0 fully saturated rings. The van der Waals surface area contributed by atoms with Crippen LogP contribution < -0.4 is 9.47 Å². The van der Waals surface area contributed by atoms with Gasteiger partial charge in [0, 0.05) is 17.5 Å². The Hall–Kier alpha value is -2.01. The van der Waals surface area contributed by atoms with Crippen molar-refractivity contribution in [2.45, 2.75) is 24.3 Å². The number of carbonyl (C=O) groups is 1. The van der Waals surface area contributed by atoms with Gasteiger partial charge in [-0.15, -0.1) is 0 Å². The Morgan fingerprint density at radius 3 is 2.83 bits per heavy atom. The number of alkyl halides is 1. The molecule has 0 aliphatic carbocycles. The van der Waals surface area contributed by atoms with Gasteiger partial charge in [-0.1, -0.05) is 52.3 Å². The molecule has 0 aromatic heterocycles. The number of hydrogen-bond acceptors (Lipinski definition) is 4. The molecule has 126 valence electrons. The number of benzene rings is 2. The van der Waals surface area contributed by atoms with Gasteiger partial charge >= 0.3 is 5.97 Å². The van der Waals surface area contributed by atoms with Gasteiger partial charge in [0.05, 0.1) is 13.2 Å². The zero-order valence-electron chi connectivity index (χ0n) is 13.4. The van der Waals surface area contributed by atoms with Gasteiger partial charge in [0.2, 0.25) is 0 Å². The Morgan fingerprint density at radius 1 is 1.29 bits per heavy atom. The number of carbonyl (C=O) groups excluding carboxylic acids is 1. The van der Waals surface area contributed by atoms with Gasteiger partial charge in [0.15, 0.2) is 0 Å². The van der Waals surface area contributed by atoms with Gasteiger partial charge in [-0.2, -0.15) is 0 Å². The molecular weight excluding hydrogens is 372 g/mol. The molecule has 1 aliphatic rings. The van der Waals surface area contributed by atoms with Crippen molar-refractivity contribution in [1.82, 2.24) is 0 Å². The van der Waals surface area contributed by atoms with E-state index in [9.17, 15) is 4.79 Å².